The zero-order chi connectivity index (χ0) is 31.8. The third kappa shape index (κ3) is 5.25. The molecular weight excluding hydrogens is 552 g/mol. The lowest BCUT2D eigenvalue weighted by molar-refractivity contribution is -0.295. The first-order chi connectivity index (χ1) is 21.1. The van der Waals surface area contributed by atoms with E-state index in [1.807, 2.05) is 0 Å². The van der Waals surface area contributed by atoms with E-state index in [0.717, 1.165) is 83.1 Å². The van der Waals surface area contributed by atoms with Crippen LogP contribution in [0, 0.1) is 41.6 Å². The number of nitrogens with one attached hydrogen (secondary N) is 1. The van der Waals surface area contributed by atoms with Gasteiger partial charge in [0.15, 0.2) is 5.65 Å². The number of carbonyl (C=O) groups excluding carboxylic acids is 1. The molecule has 1 saturated heterocycles. The van der Waals surface area contributed by atoms with Gasteiger partial charge in [-0.25, -0.2) is 19.1 Å². The van der Waals surface area contributed by atoms with Crippen LogP contribution in [0.3, 0.4) is 0 Å². The van der Waals surface area contributed by atoms with Crippen LogP contribution in [-0.2, 0) is 9.47 Å². The van der Waals surface area contributed by atoms with Crippen LogP contribution < -0.4 is 0 Å². The van der Waals surface area contributed by atoms with Crippen molar-refractivity contribution in [1.82, 2.24) is 14.6 Å². The number of unbranched alkanes of at least 4 members (excludes halogenated alkanes) is 1. The molecule has 0 amide bonds. The topological polar surface area (TPSA) is 93.2 Å². The Labute approximate surface area is 264 Å². The van der Waals surface area contributed by atoms with Gasteiger partial charge in [-0.3, -0.25) is 5.10 Å². The number of H-pyrrole nitrogens is 1. The Kier molecular flexibility index (Phi) is 9.75. The van der Waals surface area contributed by atoms with E-state index in [4.69, 9.17) is 21.0 Å². The van der Waals surface area contributed by atoms with E-state index >= 15 is 0 Å². The van der Waals surface area contributed by atoms with Crippen molar-refractivity contribution in [2.75, 3.05) is 6.61 Å². The van der Waals surface area contributed by atoms with Crippen molar-refractivity contribution in [3.63, 3.8) is 0 Å². The quantitative estimate of drug-likeness (QED) is 0.196. The summed E-state index contributed by atoms with van der Waals surface area (Å²) in [6.07, 6.45) is 12.5. The fourth-order valence-electron chi connectivity index (χ4n) is 9.28. The Morgan fingerprint density at radius 2 is 1.86 bits per heavy atom. The lowest BCUT2D eigenvalue weighted by atomic mass is 9.54. The molecule has 7 atom stereocenters. The molecule has 1 spiro atoms. The molecule has 2 aliphatic carbocycles. The minimum absolute atomic E-state index is 0.0331. The summed E-state index contributed by atoms with van der Waals surface area (Å²) in [7, 11) is 0. The molecule has 2 aromatic rings. The number of rotatable bonds is 11. The third-order valence-electron chi connectivity index (χ3n) is 12.4. The Morgan fingerprint density at radius 3 is 2.41 bits per heavy atom. The lowest BCUT2D eigenvalue weighted by Gasteiger charge is -2.63. The van der Waals surface area contributed by atoms with E-state index in [9.17, 15) is 9.90 Å². The summed E-state index contributed by atoms with van der Waals surface area (Å²) in [6.45, 7) is 24.5. The van der Waals surface area contributed by atoms with Crippen LogP contribution in [0.15, 0.2) is 0 Å². The molecule has 244 valence electrons. The lowest BCUT2D eigenvalue weighted by Crippen LogP contribution is -2.66. The summed E-state index contributed by atoms with van der Waals surface area (Å²) < 4.78 is 14.5. The minimum Gasteiger partial charge on any atom is -0.502 e. The average molecular weight is 609 g/mol. The molecule has 8 nitrogen and oxygen atoms in total. The maximum Gasteiger partial charge on any atom is 0.331 e. The molecule has 2 saturated carbocycles. The van der Waals surface area contributed by atoms with E-state index < -0.39 is 5.97 Å². The molecule has 3 fully saturated rings. The normalized spacial score (nSPS) is 33.5. The average Bonchev–Trinajstić information content (AvgIpc) is 3.57. The molecular formula is C36H56N4O4. The van der Waals surface area contributed by atoms with Gasteiger partial charge in [-0.05, 0) is 68.1 Å². The van der Waals surface area contributed by atoms with Crippen molar-refractivity contribution in [3.8, 4) is 5.88 Å². The van der Waals surface area contributed by atoms with Crippen molar-refractivity contribution in [2.45, 2.75) is 143 Å². The first-order valence-corrected chi connectivity index (χ1v) is 17.7. The third-order valence-corrected chi connectivity index (χ3v) is 12.4. The molecule has 2 N–H and O–H groups in total. The summed E-state index contributed by atoms with van der Waals surface area (Å²) in [5.74, 6) is 1.86. The first-order valence-electron chi connectivity index (χ1n) is 17.7. The van der Waals surface area contributed by atoms with E-state index in [-0.39, 0.29) is 57.7 Å². The molecule has 0 radical (unpaired) electrons. The van der Waals surface area contributed by atoms with Crippen LogP contribution in [0.25, 0.3) is 10.5 Å². The summed E-state index contributed by atoms with van der Waals surface area (Å²) in [4.78, 5) is 22.8. The van der Waals surface area contributed by atoms with Gasteiger partial charge in [0, 0.05) is 11.3 Å². The fourth-order valence-corrected chi connectivity index (χ4v) is 9.28. The second-order valence-corrected chi connectivity index (χ2v) is 14.7. The zero-order valence-electron chi connectivity index (χ0n) is 28.2. The highest BCUT2D eigenvalue weighted by molar-refractivity contribution is 6.04. The van der Waals surface area contributed by atoms with Crippen LogP contribution in [0.2, 0.25) is 0 Å². The zero-order valence-corrected chi connectivity index (χ0v) is 28.2. The predicted molar refractivity (Wildman–Crippen MR) is 173 cm³/mol. The predicted octanol–water partition coefficient (Wildman–Crippen LogP) is 9.21. The van der Waals surface area contributed by atoms with Gasteiger partial charge in [-0.2, -0.15) is 0 Å². The Balaban J connectivity index is 1.53. The number of fused-ring (bicyclic) bond motifs is 1. The largest absolute Gasteiger partial charge is 0.502 e. The number of aromatic amines is 1. The summed E-state index contributed by atoms with van der Waals surface area (Å²) in [6, 6.07) is 0. The molecule has 8 heteroatoms. The van der Waals surface area contributed by atoms with Crippen molar-refractivity contribution in [2.24, 2.45) is 35.0 Å². The molecule has 0 aromatic carbocycles. The molecule has 0 bridgehead atoms. The number of aromatic nitrogens is 3. The highest BCUT2D eigenvalue weighted by Gasteiger charge is 2.64. The van der Waals surface area contributed by atoms with E-state index in [1.165, 1.54) is 10.9 Å². The van der Waals surface area contributed by atoms with Gasteiger partial charge in [0.1, 0.15) is 17.5 Å². The van der Waals surface area contributed by atoms with Crippen molar-refractivity contribution in [1.29, 1.82) is 0 Å². The van der Waals surface area contributed by atoms with E-state index in [2.05, 4.69) is 58.4 Å². The van der Waals surface area contributed by atoms with Crippen molar-refractivity contribution in [3.05, 3.63) is 22.8 Å². The number of nitrogens with zero attached hydrogens (tertiary/aromatic N) is 3. The molecule has 3 heterocycles. The Morgan fingerprint density at radius 1 is 1.18 bits per heavy atom. The maximum absolute atomic E-state index is 14.2. The minimum atomic E-state index is -0.544. The second kappa shape index (κ2) is 13.1. The van der Waals surface area contributed by atoms with Gasteiger partial charge in [-0.1, -0.05) is 87.0 Å². The van der Waals surface area contributed by atoms with Gasteiger partial charge in [-0.15, -0.1) is 0 Å². The summed E-state index contributed by atoms with van der Waals surface area (Å²) >= 11 is 0. The van der Waals surface area contributed by atoms with Crippen LogP contribution in [0.5, 0.6) is 5.88 Å². The highest BCUT2D eigenvalue weighted by atomic mass is 16.5. The highest BCUT2D eigenvalue weighted by Crippen LogP contribution is 2.62. The SMILES string of the molecule is [C-]#[N+]c1c(C(=O)OC2C(C(C)CC)CC(C)CC2C(C)CC)c2nc(C3CCCCC34OCC4(CC)CCCC)[nH]n2c1O. The number of ether oxygens (including phenoxy) is 2. The van der Waals surface area contributed by atoms with E-state index in [0.29, 0.717) is 17.8 Å². The van der Waals surface area contributed by atoms with Gasteiger partial charge in [0.05, 0.1) is 18.8 Å². The van der Waals surface area contributed by atoms with Gasteiger partial charge >= 0.3 is 5.97 Å². The Bertz CT molecular complexity index is 1330. The maximum atomic E-state index is 14.2. The van der Waals surface area contributed by atoms with Gasteiger partial charge in [0.2, 0.25) is 5.88 Å². The van der Waals surface area contributed by atoms with Gasteiger partial charge in [0.25, 0.3) is 5.69 Å². The standard InChI is InChI=1S/C36H56N4O4/c1-9-13-17-35(12-4)21-43-36(35)18-15-14-16-27(36)31-38-32-28(29(37-8)33(41)40(32)39-31)34(42)44-30-25(23(6)10-2)19-22(5)20-26(30)24(7)11-3/h22-27,30,41H,9-21H2,1-7H3,(H,38,39). The van der Waals surface area contributed by atoms with E-state index in [1.54, 1.807) is 0 Å². The molecule has 3 aliphatic rings. The number of carbonyl (C=O) groups is 1. The fraction of sp³-hybridized carbons (Fsp3) is 0.806. The van der Waals surface area contributed by atoms with Crippen LogP contribution >= 0.6 is 0 Å². The monoisotopic (exact) mass is 608 g/mol. The second-order valence-electron chi connectivity index (χ2n) is 14.7. The van der Waals surface area contributed by atoms with Gasteiger partial charge < -0.3 is 14.6 Å². The Hall–Kier alpha value is -2.53. The number of aromatic hydroxyl groups is 1. The molecule has 7 unspecified atom stereocenters. The molecule has 5 rings (SSSR count). The number of hydrogen-bond donors (Lipinski definition) is 2. The van der Waals surface area contributed by atoms with Crippen molar-refractivity contribution < 1.29 is 19.4 Å². The van der Waals surface area contributed by atoms with Crippen LogP contribution in [-0.4, -0.2) is 44.0 Å². The number of esters is 1. The molecule has 2 aromatic heterocycles. The smallest absolute Gasteiger partial charge is 0.331 e. The van der Waals surface area contributed by atoms with Crippen LogP contribution in [0.1, 0.15) is 148 Å². The summed E-state index contributed by atoms with van der Waals surface area (Å²) in [5.41, 5.74) is 0.0871. The first kappa shape index (κ1) is 32.9. The number of hydrogen-bond acceptors (Lipinski definition) is 5. The van der Waals surface area contributed by atoms with Crippen LogP contribution in [0.4, 0.5) is 5.69 Å². The summed E-state index contributed by atoms with van der Waals surface area (Å²) in [5, 5.41) is 14.6. The molecule has 44 heavy (non-hydrogen) atoms. The molecule has 1 aliphatic heterocycles. The van der Waals surface area contributed by atoms with Crippen molar-refractivity contribution >= 4 is 17.3 Å².